The normalized spacial score (nSPS) is 12.7. The molecule has 0 fully saturated rings. The average Bonchev–Trinajstić information content (AvgIpc) is 2.76. The maximum atomic E-state index is 11.8. The number of carbonyl (C=O) groups is 4. The average molecular weight is 426 g/mol. The fourth-order valence-electron chi connectivity index (χ4n) is 2.25. The van der Waals surface area contributed by atoms with Crippen molar-refractivity contribution in [1.82, 2.24) is 0 Å². The molecule has 0 bridgehead atoms. The largest absolute Gasteiger partial charge is 0.481 e. The van der Waals surface area contributed by atoms with Gasteiger partial charge in [0, 0.05) is 18.2 Å². The second-order valence-corrected chi connectivity index (χ2v) is 6.72. The quantitative estimate of drug-likeness (QED) is 0.224. The van der Waals surface area contributed by atoms with E-state index in [-0.39, 0.29) is 32.8 Å². The molecule has 1 unspecified atom stereocenters. The number of hydrogen-bond donors (Lipinski definition) is 1. The molecule has 0 saturated carbocycles. The molecule has 9 heteroatoms. The summed E-state index contributed by atoms with van der Waals surface area (Å²) in [7, 11) is 0. The molecular formula is C21H30O9. The van der Waals surface area contributed by atoms with Crippen LogP contribution in [0.25, 0.3) is 0 Å². The van der Waals surface area contributed by atoms with E-state index in [0.717, 1.165) is 18.2 Å². The lowest BCUT2D eigenvalue weighted by Crippen LogP contribution is -2.43. The zero-order valence-electron chi connectivity index (χ0n) is 17.5. The van der Waals surface area contributed by atoms with E-state index in [0.29, 0.717) is 6.42 Å². The van der Waals surface area contributed by atoms with Crippen molar-refractivity contribution in [3.05, 3.63) is 38.0 Å². The van der Waals surface area contributed by atoms with Crippen molar-refractivity contribution in [3.63, 3.8) is 0 Å². The lowest BCUT2D eigenvalue weighted by Gasteiger charge is -2.33. The van der Waals surface area contributed by atoms with Gasteiger partial charge in [-0.3, -0.25) is 4.79 Å². The van der Waals surface area contributed by atoms with Gasteiger partial charge >= 0.3 is 23.9 Å². The van der Waals surface area contributed by atoms with Crippen molar-refractivity contribution in [1.29, 1.82) is 0 Å². The predicted octanol–water partition coefficient (Wildman–Crippen LogP) is 2.07. The van der Waals surface area contributed by atoms with Crippen LogP contribution in [0.2, 0.25) is 0 Å². The summed E-state index contributed by atoms with van der Waals surface area (Å²) >= 11 is 0. The van der Waals surface area contributed by atoms with E-state index in [9.17, 15) is 24.3 Å². The fraction of sp³-hybridized carbons (Fsp3) is 0.524. The molecule has 1 atom stereocenters. The fourth-order valence-corrected chi connectivity index (χ4v) is 2.25. The Balaban J connectivity index is 5.35. The summed E-state index contributed by atoms with van der Waals surface area (Å²) < 4.78 is 20.8. The lowest BCUT2D eigenvalue weighted by atomic mass is 9.86. The minimum absolute atomic E-state index is 0.0806. The van der Waals surface area contributed by atoms with Crippen LogP contribution < -0.4 is 0 Å². The molecule has 0 aromatic heterocycles. The van der Waals surface area contributed by atoms with Crippen LogP contribution in [0, 0.1) is 10.8 Å². The van der Waals surface area contributed by atoms with Crippen molar-refractivity contribution in [2.45, 2.75) is 26.7 Å². The topological polar surface area (TPSA) is 125 Å². The molecular weight excluding hydrogens is 396 g/mol. The molecule has 1 N–H and O–H groups in total. The van der Waals surface area contributed by atoms with E-state index in [1.807, 2.05) is 0 Å². The second kappa shape index (κ2) is 13.3. The number of carbonyl (C=O) groups excluding carboxylic acids is 3. The SMILES string of the molecule is C=CC(=O)OCC(CC)(COCC(CC)(COC(=O)C=C)C(=O)O)COC(=O)C=C. The highest BCUT2D eigenvalue weighted by Gasteiger charge is 2.40. The van der Waals surface area contributed by atoms with Crippen LogP contribution in [0.15, 0.2) is 38.0 Å². The summed E-state index contributed by atoms with van der Waals surface area (Å²) in [6, 6.07) is 0. The van der Waals surface area contributed by atoms with E-state index in [4.69, 9.17) is 18.9 Å². The first kappa shape index (κ1) is 27.1. The molecule has 0 spiro atoms. The summed E-state index contributed by atoms with van der Waals surface area (Å²) in [5.74, 6) is -3.26. The van der Waals surface area contributed by atoms with Crippen LogP contribution in [0.4, 0.5) is 0 Å². The van der Waals surface area contributed by atoms with Gasteiger partial charge in [-0.25, -0.2) is 14.4 Å². The minimum Gasteiger partial charge on any atom is -0.481 e. The summed E-state index contributed by atoms with van der Waals surface area (Å²) in [4.78, 5) is 46.1. The molecule has 168 valence electrons. The van der Waals surface area contributed by atoms with Gasteiger partial charge in [-0.2, -0.15) is 0 Å². The molecule has 0 heterocycles. The molecule has 0 aliphatic carbocycles. The van der Waals surface area contributed by atoms with Crippen LogP contribution in [-0.4, -0.2) is 62.0 Å². The third-order valence-corrected chi connectivity index (χ3v) is 4.70. The molecule has 30 heavy (non-hydrogen) atoms. The Kier molecular flexibility index (Phi) is 12.0. The number of hydrogen-bond acceptors (Lipinski definition) is 8. The Morgan fingerprint density at radius 3 is 1.50 bits per heavy atom. The van der Waals surface area contributed by atoms with Crippen LogP contribution in [-0.2, 0) is 38.1 Å². The summed E-state index contributed by atoms with van der Waals surface area (Å²) in [5, 5.41) is 9.65. The van der Waals surface area contributed by atoms with Gasteiger partial charge in [0.2, 0.25) is 0 Å². The summed E-state index contributed by atoms with van der Waals surface area (Å²) in [6.45, 7) is 12.3. The third-order valence-electron chi connectivity index (χ3n) is 4.70. The Labute approximate surface area is 176 Å². The predicted molar refractivity (Wildman–Crippen MR) is 107 cm³/mol. The van der Waals surface area contributed by atoms with Crippen molar-refractivity contribution in [2.24, 2.45) is 10.8 Å². The molecule has 9 nitrogen and oxygen atoms in total. The standard InChI is InChI=1S/C21H30O9/c1-6-16(22)28-12-20(9-4,13-29-17(23)7-2)11-27-14-21(10-5,19(25)26)15-30-18(24)8-3/h6-8H,1-3,9-15H2,4-5H3,(H,25,26). The number of carboxylic acids is 1. The van der Waals surface area contributed by atoms with Crippen LogP contribution >= 0.6 is 0 Å². The number of aliphatic carboxylic acids is 1. The van der Waals surface area contributed by atoms with Crippen LogP contribution in [0.1, 0.15) is 26.7 Å². The minimum atomic E-state index is -1.48. The van der Waals surface area contributed by atoms with Gasteiger partial charge in [-0.05, 0) is 12.8 Å². The van der Waals surface area contributed by atoms with Crippen molar-refractivity contribution >= 4 is 23.9 Å². The zero-order chi connectivity index (χ0) is 23.2. The van der Waals surface area contributed by atoms with E-state index in [2.05, 4.69) is 19.7 Å². The molecule has 0 aromatic carbocycles. The van der Waals surface area contributed by atoms with Gasteiger partial charge in [0.1, 0.15) is 25.2 Å². The lowest BCUT2D eigenvalue weighted by molar-refractivity contribution is -0.165. The molecule has 0 amide bonds. The van der Waals surface area contributed by atoms with Gasteiger partial charge in [0.25, 0.3) is 0 Å². The monoisotopic (exact) mass is 426 g/mol. The Hall–Kier alpha value is -2.94. The highest BCUT2D eigenvalue weighted by atomic mass is 16.6. The first-order chi connectivity index (χ1) is 14.1. The Morgan fingerprint density at radius 1 is 0.733 bits per heavy atom. The van der Waals surface area contributed by atoms with Gasteiger partial charge in [-0.1, -0.05) is 33.6 Å². The summed E-state index contributed by atoms with van der Waals surface area (Å²) in [6.07, 6.45) is 3.45. The van der Waals surface area contributed by atoms with Gasteiger partial charge in [0.05, 0.1) is 18.6 Å². The first-order valence-corrected chi connectivity index (χ1v) is 9.33. The van der Waals surface area contributed by atoms with Gasteiger partial charge in [0.15, 0.2) is 0 Å². The van der Waals surface area contributed by atoms with Crippen LogP contribution in [0.3, 0.4) is 0 Å². The number of rotatable bonds is 16. The Morgan fingerprint density at radius 2 is 1.17 bits per heavy atom. The number of ether oxygens (including phenoxy) is 4. The van der Waals surface area contributed by atoms with E-state index < -0.39 is 41.3 Å². The maximum absolute atomic E-state index is 11.8. The molecule has 0 aromatic rings. The third kappa shape index (κ3) is 8.60. The van der Waals surface area contributed by atoms with Crippen LogP contribution in [0.5, 0.6) is 0 Å². The van der Waals surface area contributed by atoms with E-state index >= 15 is 0 Å². The smallest absolute Gasteiger partial charge is 0.330 e. The van der Waals surface area contributed by atoms with E-state index in [1.54, 1.807) is 13.8 Å². The molecule has 0 radical (unpaired) electrons. The van der Waals surface area contributed by atoms with Crippen molar-refractivity contribution < 1.29 is 43.2 Å². The highest BCUT2D eigenvalue weighted by molar-refractivity contribution is 5.82. The van der Waals surface area contributed by atoms with Crippen molar-refractivity contribution in [2.75, 3.05) is 33.0 Å². The number of esters is 3. The zero-order valence-corrected chi connectivity index (χ0v) is 17.5. The molecule has 0 rings (SSSR count). The molecule has 0 saturated heterocycles. The van der Waals surface area contributed by atoms with Gasteiger partial charge in [-0.15, -0.1) is 0 Å². The molecule has 0 aliphatic rings. The summed E-state index contributed by atoms with van der Waals surface area (Å²) in [5.41, 5.74) is -2.40. The Bertz CT molecular complexity index is 629. The van der Waals surface area contributed by atoms with Gasteiger partial charge < -0.3 is 24.1 Å². The molecule has 0 aliphatic heterocycles. The van der Waals surface area contributed by atoms with Crippen molar-refractivity contribution in [3.8, 4) is 0 Å². The number of carboxylic acid groups (broad SMARTS) is 1. The highest BCUT2D eigenvalue weighted by Crippen LogP contribution is 2.28. The maximum Gasteiger partial charge on any atom is 0.330 e. The first-order valence-electron chi connectivity index (χ1n) is 9.33. The van der Waals surface area contributed by atoms with E-state index in [1.165, 1.54) is 0 Å². The second-order valence-electron chi connectivity index (χ2n) is 6.72.